The lowest BCUT2D eigenvalue weighted by molar-refractivity contribution is -0.384. The largest absolute Gasteiger partial charge is 0.496 e. The van der Waals surface area contributed by atoms with Gasteiger partial charge in [-0.3, -0.25) is 10.1 Å². The fourth-order valence-corrected chi connectivity index (χ4v) is 4.05. The molecule has 2 aromatic rings. The molecule has 0 spiro atoms. The maximum Gasteiger partial charge on any atom is 0.269 e. The summed E-state index contributed by atoms with van der Waals surface area (Å²) in [6, 6.07) is 14.2. The van der Waals surface area contributed by atoms with E-state index in [2.05, 4.69) is 6.07 Å². The van der Waals surface area contributed by atoms with Gasteiger partial charge in [0.25, 0.3) is 5.69 Å². The zero-order valence-corrected chi connectivity index (χ0v) is 14.5. The van der Waals surface area contributed by atoms with E-state index in [0.29, 0.717) is 17.6 Å². The van der Waals surface area contributed by atoms with E-state index in [1.165, 1.54) is 17.7 Å². The predicted octanol–water partition coefficient (Wildman–Crippen LogP) is 4.29. The van der Waals surface area contributed by atoms with Crippen LogP contribution in [0.5, 0.6) is 11.5 Å². The molecule has 1 saturated carbocycles. The Morgan fingerprint density at radius 2 is 1.88 bits per heavy atom. The van der Waals surface area contributed by atoms with Gasteiger partial charge in [0.05, 0.1) is 18.1 Å². The minimum absolute atomic E-state index is 0.0543. The molecule has 1 heterocycles. The van der Waals surface area contributed by atoms with E-state index < -0.39 is 4.92 Å². The SMILES string of the molecule is COc1ccccc1C1CCCC2C(Oc3ccc([N+](=O)[O-])cc3)OC12. The Morgan fingerprint density at radius 1 is 1.12 bits per heavy atom. The Morgan fingerprint density at radius 3 is 2.62 bits per heavy atom. The lowest BCUT2D eigenvalue weighted by Crippen LogP contribution is -2.56. The van der Waals surface area contributed by atoms with Gasteiger partial charge < -0.3 is 14.2 Å². The molecule has 0 N–H and O–H groups in total. The molecule has 4 atom stereocenters. The summed E-state index contributed by atoms with van der Waals surface area (Å²) in [5.41, 5.74) is 1.25. The molecule has 0 aromatic heterocycles. The van der Waals surface area contributed by atoms with E-state index in [9.17, 15) is 10.1 Å². The molecule has 136 valence electrons. The highest BCUT2D eigenvalue weighted by molar-refractivity contribution is 5.38. The van der Waals surface area contributed by atoms with Gasteiger partial charge >= 0.3 is 0 Å². The van der Waals surface area contributed by atoms with E-state index in [4.69, 9.17) is 14.2 Å². The van der Waals surface area contributed by atoms with Gasteiger partial charge in [-0.2, -0.15) is 0 Å². The number of hydrogen-bond donors (Lipinski definition) is 0. The van der Waals surface area contributed by atoms with Gasteiger partial charge in [-0.15, -0.1) is 0 Å². The molecule has 0 amide bonds. The Bertz CT molecular complexity index is 791. The van der Waals surface area contributed by atoms with Gasteiger partial charge in [0, 0.05) is 24.0 Å². The number of non-ortho nitro benzene ring substituents is 1. The second-order valence-electron chi connectivity index (χ2n) is 6.78. The Hall–Kier alpha value is -2.60. The zero-order chi connectivity index (χ0) is 18.1. The predicted molar refractivity (Wildman–Crippen MR) is 95.5 cm³/mol. The normalized spacial score (nSPS) is 27.1. The van der Waals surface area contributed by atoms with Crippen LogP contribution in [0.1, 0.15) is 30.7 Å². The summed E-state index contributed by atoms with van der Waals surface area (Å²) >= 11 is 0. The first-order chi connectivity index (χ1) is 12.7. The number of nitrogens with zero attached hydrogens (tertiary/aromatic N) is 1. The summed E-state index contributed by atoms with van der Waals surface area (Å²) in [6.07, 6.45) is 3.09. The van der Waals surface area contributed by atoms with Crippen molar-refractivity contribution in [3.05, 3.63) is 64.2 Å². The zero-order valence-electron chi connectivity index (χ0n) is 14.5. The van der Waals surface area contributed by atoms with Crippen molar-refractivity contribution in [2.75, 3.05) is 7.11 Å². The van der Waals surface area contributed by atoms with E-state index >= 15 is 0 Å². The van der Waals surface area contributed by atoms with E-state index in [1.807, 2.05) is 18.2 Å². The summed E-state index contributed by atoms with van der Waals surface area (Å²) in [5, 5.41) is 10.7. The first kappa shape index (κ1) is 16.8. The number of hydrogen-bond acceptors (Lipinski definition) is 5. The molecular formula is C20H21NO5. The lowest BCUT2D eigenvalue weighted by atomic mass is 9.72. The summed E-state index contributed by atoms with van der Waals surface area (Å²) in [5.74, 6) is 2.13. The number of fused-ring (bicyclic) bond motifs is 1. The first-order valence-electron chi connectivity index (χ1n) is 8.87. The first-order valence-corrected chi connectivity index (χ1v) is 8.87. The molecule has 26 heavy (non-hydrogen) atoms. The Balaban J connectivity index is 1.45. The minimum Gasteiger partial charge on any atom is -0.496 e. The molecular weight excluding hydrogens is 334 g/mol. The summed E-state index contributed by atoms with van der Waals surface area (Å²) in [7, 11) is 1.70. The molecule has 2 aliphatic rings. The number of ether oxygens (including phenoxy) is 3. The van der Waals surface area contributed by atoms with E-state index in [0.717, 1.165) is 25.0 Å². The molecule has 4 rings (SSSR count). The third-order valence-electron chi connectivity index (χ3n) is 5.35. The molecule has 4 unspecified atom stereocenters. The summed E-state index contributed by atoms with van der Waals surface area (Å²) in [6.45, 7) is 0. The maximum atomic E-state index is 10.7. The van der Waals surface area contributed by atoms with Crippen LogP contribution < -0.4 is 9.47 Å². The fraction of sp³-hybridized carbons (Fsp3) is 0.400. The average Bonchev–Trinajstić information content (AvgIpc) is 2.66. The molecule has 1 saturated heterocycles. The molecule has 0 bridgehead atoms. The van der Waals surface area contributed by atoms with Crippen molar-refractivity contribution < 1.29 is 19.1 Å². The van der Waals surface area contributed by atoms with Gasteiger partial charge in [-0.25, -0.2) is 0 Å². The third kappa shape index (κ3) is 3.01. The number of nitro benzene ring substituents is 1. The Labute approximate surface area is 151 Å². The van der Waals surface area contributed by atoms with Crippen LogP contribution in [0, 0.1) is 16.0 Å². The van der Waals surface area contributed by atoms with Crippen LogP contribution in [0.4, 0.5) is 5.69 Å². The molecule has 6 heteroatoms. The Kier molecular flexibility index (Phi) is 4.51. The molecule has 2 fully saturated rings. The van der Waals surface area contributed by atoms with Gasteiger partial charge in [0.2, 0.25) is 6.29 Å². The van der Waals surface area contributed by atoms with Crippen molar-refractivity contribution in [2.45, 2.75) is 37.6 Å². The summed E-state index contributed by atoms with van der Waals surface area (Å²) < 4.78 is 17.5. The molecule has 1 aliphatic carbocycles. The van der Waals surface area contributed by atoms with E-state index in [-0.39, 0.29) is 18.1 Å². The van der Waals surface area contributed by atoms with Gasteiger partial charge in [0.1, 0.15) is 11.5 Å². The summed E-state index contributed by atoms with van der Waals surface area (Å²) in [4.78, 5) is 10.3. The standard InChI is InChI=1S/C20H21NO5/c1-24-18-8-3-2-5-15(18)16-6-4-7-17-19(16)26-20(17)25-14-11-9-13(10-12-14)21(22)23/h2-3,5,8-12,16-17,19-20H,4,6-7H2,1H3. The molecule has 2 aromatic carbocycles. The van der Waals surface area contributed by atoms with Crippen molar-refractivity contribution >= 4 is 5.69 Å². The average molecular weight is 355 g/mol. The number of benzene rings is 2. The quantitative estimate of drug-likeness (QED) is 0.591. The second kappa shape index (κ2) is 6.96. The highest BCUT2D eigenvalue weighted by Gasteiger charge is 2.50. The topological polar surface area (TPSA) is 70.8 Å². The third-order valence-corrected chi connectivity index (χ3v) is 5.35. The van der Waals surface area contributed by atoms with Crippen molar-refractivity contribution in [1.82, 2.24) is 0 Å². The van der Waals surface area contributed by atoms with Crippen LogP contribution in [0.2, 0.25) is 0 Å². The van der Waals surface area contributed by atoms with Crippen molar-refractivity contribution in [3.63, 3.8) is 0 Å². The molecule has 6 nitrogen and oxygen atoms in total. The van der Waals surface area contributed by atoms with Crippen molar-refractivity contribution in [1.29, 1.82) is 0 Å². The highest BCUT2D eigenvalue weighted by atomic mass is 16.7. The number of rotatable bonds is 5. The fourth-order valence-electron chi connectivity index (χ4n) is 4.05. The number of para-hydroxylation sites is 1. The number of methoxy groups -OCH3 is 1. The van der Waals surface area contributed by atoms with Crippen LogP contribution in [0.3, 0.4) is 0 Å². The van der Waals surface area contributed by atoms with Gasteiger partial charge in [-0.1, -0.05) is 24.6 Å². The van der Waals surface area contributed by atoms with Gasteiger partial charge in [-0.05, 0) is 36.6 Å². The van der Waals surface area contributed by atoms with Crippen LogP contribution in [0.15, 0.2) is 48.5 Å². The lowest BCUT2D eigenvalue weighted by Gasteiger charge is -2.50. The van der Waals surface area contributed by atoms with Crippen molar-refractivity contribution in [2.24, 2.45) is 5.92 Å². The monoisotopic (exact) mass is 355 g/mol. The maximum absolute atomic E-state index is 10.7. The van der Waals surface area contributed by atoms with E-state index in [1.54, 1.807) is 19.2 Å². The molecule has 1 aliphatic heterocycles. The smallest absolute Gasteiger partial charge is 0.269 e. The minimum atomic E-state index is -0.418. The van der Waals surface area contributed by atoms with Crippen LogP contribution in [-0.2, 0) is 4.74 Å². The highest BCUT2D eigenvalue weighted by Crippen LogP contribution is 2.49. The van der Waals surface area contributed by atoms with Crippen LogP contribution in [-0.4, -0.2) is 24.4 Å². The second-order valence-corrected chi connectivity index (χ2v) is 6.78. The number of nitro groups is 1. The van der Waals surface area contributed by atoms with Crippen molar-refractivity contribution in [3.8, 4) is 11.5 Å². The molecule has 0 radical (unpaired) electrons. The van der Waals surface area contributed by atoms with Crippen LogP contribution >= 0.6 is 0 Å². The van der Waals surface area contributed by atoms with Crippen LogP contribution in [0.25, 0.3) is 0 Å². The van der Waals surface area contributed by atoms with Gasteiger partial charge in [0.15, 0.2) is 0 Å².